The molecule has 9 heteroatoms. The molecule has 39 heavy (non-hydrogen) atoms. The predicted octanol–water partition coefficient (Wildman–Crippen LogP) is 4.58. The zero-order chi connectivity index (χ0) is 27.3. The smallest absolute Gasteiger partial charge is 0.260 e. The molecule has 2 N–H and O–H groups in total. The maximum Gasteiger partial charge on any atom is 0.260 e. The van der Waals surface area contributed by atoms with E-state index < -0.39 is 5.60 Å². The van der Waals surface area contributed by atoms with Crippen molar-refractivity contribution >= 4 is 11.7 Å². The van der Waals surface area contributed by atoms with Crippen LogP contribution in [0.1, 0.15) is 59.8 Å². The molecule has 1 aliphatic carbocycles. The van der Waals surface area contributed by atoms with Crippen molar-refractivity contribution < 1.29 is 14.3 Å². The minimum atomic E-state index is -0.809. The van der Waals surface area contributed by atoms with E-state index in [2.05, 4.69) is 15.5 Å². The van der Waals surface area contributed by atoms with Gasteiger partial charge in [-0.25, -0.2) is 9.37 Å². The van der Waals surface area contributed by atoms with Gasteiger partial charge in [-0.1, -0.05) is 18.2 Å². The molecule has 200 valence electrons. The average molecular weight is 527 g/mol. The van der Waals surface area contributed by atoms with Crippen LogP contribution in [0.3, 0.4) is 0 Å². The molecule has 1 amide bonds. The van der Waals surface area contributed by atoms with Crippen molar-refractivity contribution in [3.63, 3.8) is 0 Å². The number of halogens is 1. The van der Waals surface area contributed by atoms with Crippen molar-refractivity contribution in [1.29, 1.82) is 0 Å². The van der Waals surface area contributed by atoms with Crippen LogP contribution < -0.4 is 10.2 Å². The number of benzene rings is 2. The van der Waals surface area contributed by atoms with E-state index in [1.165, 1.54) is 12.1 Å². The van der Waals surface area contributed by atoms with Crippen LogP contribution in [-0.2, 0) is 20.1 Å². The van der Waals surface area contributed by atoms with E-state index in [0.29, 0.717) is 48.3 Å². The molecular formula is C30H31FN6O2. The zero-order valence-corrected chi connectivity index (χ0v) is 22.3. The number of anilines is 1. The van der Waals surface area contributed by atoms with E-state index in [1.807, 2.05) is 37.4 Å². The monoisotopic (exact) mass is 526 g/mol. The molecule has 6 rings (SSSR count). The van der Waals surface area contributed by atoms with Crippen LogP contribution in [0, 0.1) is 5.82 Å². The number of fused-ring (bicyclic) bond motifs is 1. The first-order valence-corrected chi connectivity index (χ1v) is 13.2. The SMILES string of the molecule is Cn1cnnc1-c1cc(F)ccc1-c1cc(C2CC2)nc(N2Cc3ccc(CNCC(C)(C)O)cc3C2=O)c1. The van der Waals surface area contributed by atoms with E-state index in [1.54, 1.807) is 35.7 Å². The van der Waals surface area contributed by atoms with Gasteiger partial charge >= 0.3 is 0 Å². The number of amides is 1. The zero-order valence-electron chi connectivity index (χ0n) is 22.3. The molecule has 3 heterocycles. The summed E-state index contributed by atoms with van der Waals surface area (Å²) in [5.41, 5.74) is 5.03. The number of rotatable bonds is 8. The minimum Gasteiger partial charge on any atom is -0.389 e. The van der Waals surface area contributed by atoms with Gasteiger partial charge in [0.2, 0.25) is 0 Å². The van der Waals surface area contributed by atoms with Crippen molar-refractivity contribution in [3.8, 4) is 22.5 Å². The fourth-order valence-electron chi connectivity index (χ4n) is 5.06. The van der Waals surface area contributed by atoms with Crippen LogP contribution in [0.15, 0.2) is 54.9 Å². The van der Waals surface area contributed by atoms with Gasteiger partial charge in [-0.3, -0.25) is 9.69 Å². The average Bonchev–Trinajstić information content (AvgIpc) is 3.58. The first kappa shape index (κ1) is 25.3. The second kappa shape index (κ2) is 9.66. The van der Waals surface area contributed by atoms with E-state index in [9.17, 15) is 14.3 Å². The number of hydrogen-bond donors (Lipinski definition) is 2. The molecule has 0 spiro atoms. The summed E-state index contributed by atoms with van der Waals surface area (Å²) in [4.78, 5) is 20.3. The highest BCUT2D eigenvalue weighted by atomic mass is 19.1. The van der Waals surface area contributed by atoms with Gasteiger partial charge in [0.15, 0.2) is 5.82 Å². The third-order valence-electron chi connectivity index (χ3n) is 7.21. The standard InChI is InChI=1S/C30H31FN6O2/c1-30(2,39)16-32-14-18-4-5-20-15-37(29(38)24(20)10-18)27-12-21(11-26(34-27)19-6-7-19)23-9-8-22(31)13-25(23)28-35-33-17-36(28)3/h4-5,8-13,17,19,32,39H,6-7,14-16H2,1-3H3. The van der Waals surface area contributed by atoms with Crippen molar-refractivity contribution in [2.75, 3.05) is 11.4 Å². The number of aliphatic hydroxyl groups is 1. The lowest BCUT2D eigenvalue weighted by Crippen LogP contribution is -2.34. The Balaban J connectivity index is 1.35. The van der Waals surface area contributed by atoms with Crippen molar-refractivity contribution in [2.45, 2.75) is 51.3 Å². The summed E-state index contributed by atoms with van der Waals surface area (Å²) in [6, 6.07) is 14.6. The molecule has 2 aromatic heterocycles. The lowest BCUT2D eigenvalue weighted by Gasteiger charge is -2.18. The molecule has 0 unspecified atom stereocenters. The van der Waals surface area contributed by atoms with Crippen LogP contribution in [-0.4, -0.2) is 42.9 Å². The molecule has 4 aromatic rings. The van der Waals surface area contributed by atoms with Gasteiger partial charge in [0.25, 0.3) is 5.91 Å². The maximum absolute atomic E-state index is 14.4. The summed E-state index contributed by atoms with van der Waals surface area (Å²) in [7, 11) is 1.83. The Morgan fingerprint density at radius 1 is 1.08 bits per heavy atom. The first-order valence-electron chi connectivity index (χ1n) is 13.2. The van der Waals surface area contributed by atoms with Gasteiger partial charge in [-0.15, -0.1) is 10.2 Å². The molecule has 8 nitrogen and oxygen atoms in total. The van der Waals surface area contributed by atoms with E-state index in [4.69, 9.17) is 4.98 Å². The first-order chi connectivity index (χ1) is 18.7. The number of nitrogens with zero attached hydrogens (tertiary/aromatic N) is 5. The highest BCUT2D eigenvalue weighted by Crippen LogP contribution is 2.43. The molecule has 1 fully saturated rings. The number of carbonyl (C=O) groups excluding carboxylic acids is 1. The number of aromatic nitrogens is 4. The lowest BCUT2D eigenvalue weighted by molar-refractivity contribution is 0.0794. The fourth-order valence-corrected chi connectivity index (χ4v) is 5.06. The van der Waals surface area contributed by atoms with Crippen LogP contribution in [0.4, 0.5) is 10.2 Å². The second-order valence-electron chi connectivity index (χ2n) is 11.2. The van der Waals surface area contributed by atoms with Gasteiger partial charge in [-0.05, 0) is 79.3 Å². The molecule has 2 aliphatic rings. The summed E-state index contributed by atoms with van der Waals surface area (Å²) in [5.74, 6) is 1.06. The number of carbonyl (C=O) groups is 1. The van der Waals surface area contributed by atoms with E-state index in [-0.39, 0.29) is 11.7 Å². The van der Waals surface area contributed by atoms with Crippen LogP contribution in [0.2, 0.25) is 0 Å². The van der Waals surface area contributed by atoms with Crippen LogP contribution >= 0.6 is 0 Å². The third-order valence-corrected chi connectivity index (χ3v) is 7.21. The quantitative estimate of drug-likeness (QED) is 0.349. The molecule has 0 bridgehead atoms. The number of pyridine rings is 1. The largest absolute Gasteiger partial charge is 0.389 e. The van der Waals surface area contributed by atoms with Gasteiger partial charge in [0, 0.05) is 42.9 Å². The molecule has 0 radical (unpaired) electrons. The molecular weight excluding hydrogens is 495 g/mol. The summed E-state index contributed by atoms with van der Waals surface area (Å²) < 4.78 is 16.1. The van der Waals surface area contributed by atoms with Gasteiger partial charge in [0.1, 0.15) is 18.0 Å². The Morgan fingerprint density at radius 3 is 2.62 bits per heavy atom. The lowest BCUT2D eigenvalue weighted by atomic mass is 9.98. The Morgan fingerprint density at radius 2 is 1.90 bits per heavy atom. The van der Waals surface area contributed by atoms with E-state index in [0.717, 1.165) is 40.8 Å². The molecule has 1 aliphatic heterocycles. The molecule has 2 aromatic carbocycles. The van der Waals surface area contributed by atoms with Crippen molar-refractivity contribution in [1.82, 2.24) is 25.1 Å². The molecule has 0 saturated heterocycles. The van der Waals surface area contributed by atoms with Crippen molar-refractivity contribution in [2.24, 2.45) is 7.05 Å². The Labute approximate surface area is 226 Å². The van der Waals surface area contributed by atoms with Crippen molar-refractivity contribution in [3.05, 3.63) is 83.1 Å². The van der Waals surface area contributed by atoms with E-state index >= 15 is 0 Å². The van der Waals surface area contributed by atoms with Crippen LogP contribution in [0.25, 0.3) is 22.5 Å². The summed E-state index contributed by atoms with van der Waals surface area (Å²) in [6.07, 6.45) is 3.71. The predicted molar refractivity (Wildman–Crippen MR) is 147 cm³/mol. The third kappa shape index (κ3) is 5.20. The minimum absolute atomic E-state index is 0.0895. The number of hydrogen-bond acceptors (Lipinski definition) is 6. The Hall–Kier alpha value is -3.95. The van der Waals surface area contributed by atoms with Gasteiger partial charge in [0.05, 0.1) is 12.1 Å². The van der Waals surface area contributed by atoms with Crippen LogP contribution in [0.5, 0.6) is 0 Å². The molecule has 1 saturated carbocycles. The number of aryl methyl sites for hydroxylation is 1. The number of nitrogens with one attached hydrogen (secondary N) is 1. The highest BCUT2D eigenvalue weighted by Gasteiger charge is 2.32. The second-order valence-corrected chi connectivity index (χ2v) is 11.2. The normalized spacial score (nSPS) is 15.2. The summed E-state index contributed by atoms with van der Waals surface area (Å²) in [5, 5.41) is 21.4. The Bertz CT molecular complexity index is 1570. The van der Waals surface area contributed by atoms with Gasteiger partial charge < -0.3 is 15.0 Å². The summed E-state index contributed by atoms with van der Waals surface area (Å²) in [6.45, 7) is 4.95. The molecule has 0 atom stereocenters. The highest BCUT2D eigenvalue weighted by molar-refractivity contribution is 6.10. The topological polar surface area (TPSA) is 96.2 Å². The fraction of sp³-hybridized carbons (Fsp3) is 0.333. The Kier molecular flexibility index (Phi) is 6.28. The summed E-state index contributed by atoms with van der Waals surface area (Å²) >= 11 is 0. The maximum atomic E-state index is 14.4. The van der Waals surface area contributed by atoms with Gasteiger partial charge in [-0.2, -0.15) is 0 Å².